The minimum Gasteiger partial charge on any atom is -0.465 e. The predicted molar refractivity (Wildman–Crippen MR) is 137 cm³/mol. The number of hydrogen-bond acceptors (Lipinski definition) is 7. The predicted octanol–water partition coefficient (Wildman–Crippen LogP) is 4.00. The van der Waals surface area contributed by atoms with Crippen LogP contribution in [0.15, 0.2) is 60.7 Å². The van der Waals surface area contributed by atoms with Gasteiger partial charge in [0.05, 0.1) is 6.61 Å². The molecule has 0 heterocycles. The highest BCUT2D eigenvalue weighted by Crippen LogP contribution is 2.13. The molecule has 1 atom stereocenters. The fourth-order valence-corrected chi connectivity index (χ4v) is 3.38. The first-order valence-corrected chi connectivity index (χ1v) is 12.2. The van der Waals surface area contributed by atoms with E-state index in [9.17, 15) is 19.2 Å². The van der Waals surface area contributed by atoms with Crippen molar-refractivity contribution in [1.29, 1.82) is 0 Å². The molecule has 0 fully saturated rings. The number of ether oxygens (including phenoxy) is 3. The summed E-state index contributed by atoms with van der Waals surface area (Å²) in [7, 11) is 0. The van der Waals surface area contributed by atoms with Gasteiger partial charge in [-0.15, -0.1) is 0 Å². The number of carbonyl (C=O) groups is 4. The van der Waals surface area contributed by atoms with E-state index in [1.165, 1.54) is 4.90 Å². The van der Waals surface area contributed by atoms with Crippen LogP contribution in [0.25, 0.3) is 0 Å². The number of nitrogens with zero attached hydrogens (tertiary/aromatic N) is 1. The van der Waals surface area contributed by atoms with Gasteiger partial charge in [0.25, 0.3) is 0 Å². The Kier molecular flexibility index (Phi) is 11.6. The molecule has 200 valence electrons. The Morgan fingerprint density at radius 2 is 1.46 bits per heavy atom. The molecule has 0 radical (unpaired) electrons. The van der Waals surface area contributed by atoms with Crippen molar-refractivity contribution >= 4 is 23.9 Å². The minimum atomic E-state index is -1.13. The highest BCUT2D eigenvalue weighted by atomic mass is 16.6. The third-order valence-corrected chi connectivity index (χ3v) is 5.02. The van der Waals surface area contributed by atoms with Crippen molar-refractivity contribution in [3.8, 4) is 0 Å². The summed E-state index contributed by atoms with van der Waals surface area (Å²) in [5.41, 5.74) is 0.832. The van der Waals surface area contributed by atoms with E-state index in [4.69, 9.17) is 14.2 Å². The third kappa shape index (κ3) is 11.6. The Hall–Kier alpha value is -3.88. The van der Waals surface area contributed by atoms with E-state index < -0.39 is 35.6 Å². The number of esters is 2. The quantitative estimate of drug-likeness (QED) is 0.338. The molecule has 0 aromatic heterocycles. The van der Waals surface area contributed by atoms with Gasteiger partial charge in [-0.05, 0) is 45.2 Å². The van der Waals surface area contributed by atoms with E-state index in [-0.39, 0.29) is 39.1 Å². The van der Waals surface area contributed by atoms with Crippen LogP contribution in [-0.4, -0.2) is 53.6 Å². The summed E-state index contributed by atoms with van der Waals surface area (Å²) < 4.78 is 15.7. The van der Waals surface area contributed by atoms with Crippen LogP contribution in [-0.2, 0) is 41.7 Å². The number of carbonyl (C=O) groups excluding carboxylic acids is 4. The fourth-order valence-electron chi connectivity index (χ4n) is 3.38. The average Bonchev–Trinajstić information content (AvgIpc) is 2.84. The normalized spacial score (nSPS) is 11.7. The van der Waals surface area contributed by atoms with Crippen LogP contribution < -0.4 is 5.32 Å². The summed E-state index contributed by atoms with van der Waals surface area (Å²) in [5.74, 6) is -1.64. The number of rotatable bonds is 12. The zero-order valence-electron chi connectivity index (χ0n) is 21.9. The summed E-state index contributed by atoms with van der Waals surface area (Å²) in [4.78, 5) is 52.1. The second-order valence-corrected chi connectivity index (χ2v) is 9.37. The number of hydrogen-bond donors (Lipinski definition) is 1. The van der Waals surface area contributed by atoms with Crippen LogP contribution in [0.3, 0.4) is 0 Å². The number of alkyl carbamates (subject to hydrolysis) is 1. The summed E-state index contributed by atoms with van der Waals surface area (Å²) >= 11 is 0. The molecule has 0 spiro atoms. The highest BCUT2D eigenvalue weighted by Gasteiger charge is 2.30. The maximum Gasteiger partial charge on any atom is 0.408 e. The molecule has 2 rings (SSSR count). The van der Waals surface area contributed by atoms with E-state index in [1.807, 2.05) is 60.7 Å². The van der Waals surface area contributed by atoms with Crippen LogP contribution in [0.5, 0.6) is 0 Å². The number of amides is 2. The van der Waals surface area contributed by atoms with Crippen molar-refractivity contribution in [2.24, 2.45) is 0 Å². The molecule has 1 N–H and O–H groups in total. The summed E-state index contributed by atoms with van der Waals surface area (Å²) in [6.07, 6.45) is -0.975. The molecule has 9 nitrogen and oxygen atoms in total. The van der Waals surface area contributed by atoms with Gasteiger partial charge in [0.2, 0.25) is 5.91 Å². The van der Waals surface area contributed by atoms with E-state index in [0.29, 0.717) is 0 Å². The molecule has 37 heavy (non-hydrogen) atoms. The second kappa shape index (κ2) is 14.6. The molecule has 9 heteroatoms. The molecule has 1 unspecified atom stereocenters. The Labute approximate surface area is 218 Å². The van der Waals surface area contributed by atoms with Crippen molar-refractivity contribution in [3.63, 3.8) is 0 Å². The lowest BCUT2D eigenvalue weighted by Gasteiger charge is -2.28. The largest absolute Gasteiger partial charge is 0.465 e. The second-order valence-electron chi connectivity index (χ2n) is 9.37. The van der Waals surface area contributed by atoms with Crippen molar-refractivity contribution in [2.45, 2.75) is 65.3 Å². The van der Waals surface area contributed by atoms with E-state index in [0.717, 1.165) is 11.1 Å². The zero-order valence-corrected chi connectivity index (χ0v) is 21.9. The van der Waals surface area contributed by atoms with Crippen LogP contribution in [0.4, 0.5) is 4.79 Å². The van der Waals surface area contributed by atoms with Gasteiger partial charge in [-0.2, -0.15) is 0 Å². The van der Waals surface area contributed by atoms with Gasteiger partial charge in [-0.1, -0.05) is 60.7 Å². The van der Waals surface area contributed by atoms with Gasteiger partial charge >= 0.3 is 18.0 Å². The maximum absolute atomic E-state index is 13.6. The molecule has 0 aliphatic heterocycles. The van der Waals surface area contributed by atoms with Crippen LogP contribution in [0.2, 0.25) is 0 Å². The van der Waals surface area contributed by atoms with Crippen molar-refractivity contribution in [2.75, 3.05) is 13.2 Å². The molecular weight excluding hydrogens is 476 g/mol. The Balaban J connectivity index is 2.16. The Morgan fingerprint density at radius 1 is 0.865 bits per heavy atom. The van der Waals surface area contributed by atoms with Crippen molar-refractivity contribution < 1.29 is 33.4 Å². The molecule has 2 aromatic rings. The van der Waals surface area contributed by atoms with Gasteiger partial charge in [0.1, 0.15) is 24.8 Å². The monoisotopic (exact) mass is 512 g/mol. The summed E-state index contributed by atoms with van der Waals surface area (Å²) in [5, 5.41) is 2.56. The molecule has 0 aliphatic rings. The minimum absolute atomic E-state index is 0.0419. The topological polar surface area (TPSA) is 111 Å². The molecule has 2 amide bonds. The van der Waals surface area contributed by atoms with E-state index in [2.05, 4.69) is 5.32 Å². The smallest absolute Gasteiger partial charge is 0.408 e. The summed E-state index contributed by atoms with van der Waals surface area (Å²) in [6, 6.07) is 17.2. The fraction of sp³-hybridized carbons (Fsp3) is 0.429. The van der Waals surface area contributed by atoms with Crippen molar-refractivity contribution in [3.05, 3.63) is 71.8 Å². The lowest BCUT2D eigenvalue weighted by molar-refractivity contribution is -0.150. The SMILES string of the molecule is CCOC(=O)CN(Cc1ccccc1)C(=O)C(CCC(=O)OCc1ccccc1)NC(=O)OC(C)(C)C. The Morgan fingerprint density at radius 3 is 2.03 bits per heavy atom. The van der Waals surface area contributed by atoms with Gasteiger partial charge < -0.3 is 24.4 Å². The standard InChI is InChI=1S/C28H36N2O7/c1-5-35-25(32)19-30(18-21-12-8-6-9-13-21)26(33)23(29-27(34)37-28(2,3)4)16-17-24(31)36-20-22-14-10-7-11-15-22/h6-15,23H,5,16-20H2,1-4H3,(H,29,34). The zero-order chi connectivity index (χ0) is 27.3. The highest BCUT2D eigenvalue weighted by molar-refractivity contribution is 5.89. The van der Waals surface area contributed by atoms with Crippen LogP contribution in [0, 0.1) is 0 Å². The van der Waals surface area contributed by atoms with E-state index in [1.54, 1.807) is 27.7 Å². The van der Waals surface area contributed by atoms with Gasteiger partial charge in [-0.25, -0.2) is 4.79 Å². The molecule has 2 aromatic carbocycles. The molecule has 0 saturated carbocycles. The van der Waals surface area contributed by atoms with Gasteiger partial charge in [0, 0.05) is 13.0 Å². The van der Waals surface area contributed by atoms with Gasteiger partial charge in [0.15, 0.2) is 0 Å². The molecule has 0 saturated heterocycles. The molecule has 0 aliphatic carbocycles. The summed E-state index contributed by atoms with van der Waals surface area (Å²) in [6.45, 7) is 6.84. The van der Waals surface area contributed by atoms with Crippen LogP contribution >= 0.6 is 0 Å². The van der Waals surface area contributed by atoms with Gasteiger partial charge in [-0.3, -0.25) is 14.4 Å². The van der Waals surface area contributed by atoms with E-state index >= 15 is 0 Å². The number of nitrogens with one attached hydrogen (secondary N) is 1. The first kappa shape index (κ1) is 29.4. The third-order valence-electron chi connectivity index (χ3n) is 5.02. The van der Waals surface area contributed by atoms with Crippen LogP contribution in [0.1, 0.15) is 51.7 Å². The van der Waals surface area contributed by atoms with Crippen molar-refractivity contribution in [1.82, 2.24) is 10.2 Å². The molecule has 0 bridgehead atoms. The average molecular weight is 513 g/mol. The number of benzene rings is 2. The lowest BCUT2D eigenvalue weighted by Crippen LogP contribution is -2.51. The molecular formula is C28H36N2O7. The maximum atomic E-state index is 13.6. The lowest BCUT2D eigenvalue weighted by atomic mass is 10.1. The Bertz CT molecular complexity index is 1020. The first-order valence-electron chi connectivity index (χ1n) is 12.2. The first-order chi connectivity index (χ1) is 17.6.